The van der Waals surface area contributed by atoms with Crippen molar-refractivity contribution in [2.75, 3.05) is 19.4 Å². The van der Waals surface area contributed by atoms with Crippen molar-refractivity contribution in [3.05, 3.63) is 65.7 Å². The van der Waals surface area contributed by atoms with E-state index in [0.717, 1.165) is 29.1 Å². The number of hydrogen-bond donors (Lipinski definition) is 1. The quantitative estimate of drug-likeness (QED) is 0.532. The van der Waals surface area contributed by atoms with Gasteiger partial charge < -0.3 is 15.0 Å². The second-order valence-electron chi connectivity index (χ2n) is 7.75. The normalized spacial score (nSPS) is 11.8. The Labute approximate surface area is 190 Å². The highest BCUT2D eigenvalue weighted by Crippen LogP contribution is 2.18. The Balaban J connectivity index is 2.03. The van der Waals surface area contributed by atoms with Crippen molar-refractivity contribution in [3.8, 4) is 5.75 Å². The lowest BCUT2D eigenvalue weighted by Crippen LogP contribution is -2.51. The molecule has 0 bridgehead atoms. The third kappa shape index (κ3) is 8.29. The standard InChI is InChI=1S/C25H34N2O3S/c1-5-23(25(29)26-19(2)3)27(16-15-20-9-7-6-8-10-20)24(28)18-31-17-21-11-13-22(30-4)14-12-21/h6-14,19,23H,5,15-18H2,1-4H3,(H,26,29)/t23-/m0/s1. The summed E-state index contributed by atoms with van der Waals surface area (Å²) in [6.07, 6.45) is 1.31. The van der Waals surface area contributed by atoms with Crippen molar-refractivity contribution in [2.45, 2.75) is 51.4 Å². The lowest BCUT2D eigenvalue weighted by atomic mass is 10.1. The number of amides is 2. The van der Waals surface area contributed by atoms with E-state index in [1.807, 2.05) is 63.2 Å². The van der Waals surface area contributed by atoms with Crippen molar-refractivity contribution in [1.82, 2.24) is 10.2 Å². The van der Waals surface area contributed by atoms with Crippen LogP contribution in [-0.4, -0.2) is 48.2 Å². The smallest absolute Gasteiger partial charge is 0.242 e. The monoisotopic (exact) mass is 442 g/mol. The Bertz CT molecular complexity index is 809. The molecule has 2 rings (SSSR count). The van der Waals surface area contributed by atoms with Gasteiger partial charge in [0.2, 0.25) is 11.8 Å². The van der Waals surface area contributed by atoms with E-state index in [4.69, 9.17) is 4.74 Å². The van der Waals surface area contributed by atoms with E-state index >= 15 is 0 Å². The topological polar surface area (TPSA) is 58.6 Å². The molecule has 1 N–H and O–H groups in total. The maximum atomic E-state index is 13.2. The predicted molar refractivity (Wildman–Crippen MR) is 128 cm³/mol. The average molecular weight is 443 g/mol. The van der Waals surface area contributed by atoms with Gasteiger partial charge in [-0.3, -0.25) is 9.59 Å². The number of benzene rings is 2. The summed E-state index contributed by atoms with van der Waals surface area (Å²) in [5.41, 5.74) is 2.30. The first-order chi connectivity index (χ1) is 14.9. The molecule has 0 fully saturated rings. The summed E-state index contributed by atoms with van der Waals surface area (Å²) in [5.74, 6) is 1.81. The Hall–Kier alpha value is -2.47. The molecule has 5 nitrogen and oxygen atoms in total. The SMILES string of the molecule is CC[C@@H](C(=O)NC(C)C)N(CCc1ccccc1)C(=O)CSCc1ccc(OC)cc1. The molecule has 1 atom stereocenters. The van der Waals surface area contributed by atoms with E-state index in [2.05, 4.69) is 17.4 Å². The lowest BCUT2D eigenvalue weighted by molar-refractivity contribution is -0.139. The number of thioether (sulfide) groups is 1. The van der Waals surface area contributed by atoms with Crippen LogP contribution in [0.3, 0.4) is 0 Å². The second-order valence-corrected chi connectivity index (χ2v) is 8.74. The molecule has 0 aliphatic heterocycles. The maximum absolute atomic E-state index is 13.2. The molecule has 6 heteroatoms. The van der Waals surface area contributed by atoms with E-state index < -0.39 is 6.04 Å². The van der Waals surface area contributed by atoms with E-state index in [-0.39, 0.29) is 17.9 Å². The van der Waals surface area contributed by atoms with Crippen molar-refractivity contribution < 1.29 is 14.3 Å². The fraction of sp³-hybridized carbons (Fsp3) is 0.440. The molecule has 31 heavy (non-hydrogen) atoms. The highest BCUT2D eigenvalue weighted by molar-refractivity contribution is 7.99. The minimum absolute atomic E-state index is 0.000184. The summed E-state index contributed by atoms with van der Waals surface area (Å²) in [7, 11) is 1.64. The van der Waals surface area contributed by atoms with Gasteiger partial charge in [-0.05, 0) is 49.9 Å². The third-order valence-electron chi connectivity index (χ3n) is 4.95. The van der Waals surface area contributed by atoms with E-state index in [0.29, 0.717) is 18.7 Å². The van der Waals surface area contributed by atoms with Crippen LogP contribution in [0.4, 0.5) is 0 Å². The van der Waals surface area contributed by atoms with Crippen LogP contribution < -0.4 is 10.1 Å². The number of carbonyl (C=O) groups excluding carboxylic acids is 2. The van der Waals surface area contributed by atoms with Crippen LogP contribution >= 0.6 is 11.8 Å². The van der Waals surface area contributed by atoms with Gasteiger partial charge in [0.15, 0.2) is 0 Å². The molecule has 0 radical (unpaired) electrons. The first-order valence-electron chi connectivity index (χ1n) is 10.8. The summed E-state index contributed by atoms with van der Waals surface area (Å²) in [4.78, 5) is 27.7. The third-order valence-corrected chi connectivity index (χ3v) is 5.94. The number of ether oxygens (including phenoxy) is 1. The van der Waals surface area contributed by atoms with Gasteiger partial charge in [-0.1, -0.05) is 49.4 Å². The van der Waals surface area contributed by atoms with Crippen molar-refractivity contribution in [2.24, 2.45) is 0 Å². The molecule has 0 spiro atoms. The Morgan fingerprint density at radius 3 is 2.29 bits per heavy atom. The minimum atomic E-state index is -0.458. The first kappa shape index (κ1) is 24.8. The molecular formula is C25H34N2O3S. The summed E-state index contributed by atoms with van der Waals surface area (Å²) in [6.45, 7) is 6.35. The van der Waals surface area contributed by atoms with Crippen molar-refractivity contribution in [3.63, 3.8) is 0 Å². The van der Waals surface area contributed by atoms with Gasteiger partial charge in [0.25, 0.3) is 0 Å². The molecule has 0 aliphatic carbocycles. The Kier molecular flexibility index (Phi) is 10.4. The van der Waals surface area contributed by atoms with Gasteiger partial charge in [0.1, 0.15) is 11.8 Å². The molecule has 2 aromatic carbocycles. The minimum Gasteiger partial charge on any atom is -0.497 e. The Morgan fingerprint density at radius 2 is 1.71 bits per heavy atom. The lowest BCUT2D eigenvalue weighted by Gasteiger charge is -2.31. The van der Waals surface area contributed by atoms with Crippen LogP contribution in [0.5, 0.6) is 5.75 Å². The van der Waals surface area contributed by atoms with Gasteiger partial charge in [-0.15, -0.1) is 11.8 Å². The van der Waals surface area contributed by atoms with Crippen LogP contribution in [0.25, 0.3) is 0 Å². The largest absolute Gasteiger partial charge is 0.497 e. The number of nitrogens with zero attached hydrogens (tertiary/aromatic N) is 1. The molecule has 168 valence electrons. The summed E-state index contributed by atoms with van der Waals surface area (Å²) >= 11 is 1.57. The van der Waals surface area contributed by atoms with Gasteiger partial charge in [0.05, 0.1) is 12.9 Å². The van der Waals surface area contributed by atoms with Gasteiger partial charge in [0, 0.05) is 18.3 Å². The van der Waals surface area contributed by atoms with E-state index in [1.165, 1.54) is 0 Å². The molecule has 2 aromatic rings. The molecule has 0 aliphatic rings. The van der Waals surface area contributed by atoms with Crippen LogP contribution in [0.15, 0.2) is 54.6 Å². The maximum Gasteiger partial charge on any atom is 0.242 e. The predicted octanol–water partition coefficient (Wildman–Crippen LogP) is 4.30. The first-order valence-corrected chi connectivity index (χ1v) is 11.9. The number of nitrogens with one attached hydrogen (secondary N) is 1. The molecular weight excluding hydrogens is 408 g/mol. The van der Waals surface area contributed by atoms with Crippen molar-refractivity contribution >= 4 is 23.6 Å². The number of carbonyl (C=O) groups is 2. The van der Waals surface area contributed by atoms with Gasteiger partial charge in [-0.2, -0.15) is 0 Å². The zero-order chi connectivity index (χ0) is 22.6. The highest BCUT2D eigenvalue weighted by atomic mass is 32.2. The Morgan fingerprint density at radius 1 is 1.03 bits per heavy atom. The number of rotatable bonds is 12. The molecule has 0 unspecified atom stereocenters. The fourth-order valence-corrected chi connectivity index (χ4v) is 4.21. The molecule has 0 heterocycles. The molecule has 0 aromatic heterocycles. The van der Waals surface area contributed by atoms with Crippen molar-refractivity contribution in [1.29, 1.82) is 0 Å². The van der Waals surface area contributed by atoms with Gasteiger partial charge in [-0.25, -0.2) is 0 Å². The second kappa shape index (κ2) is 13.1. The molecule has 0 saturated carbocycles. The number of methoxy groups -OCH3 is 1. The average Bonchev–Trinajstić information content (AvgIpc) is 2.77. The van der Waals surface area contributed by atoms with Crippen LogP contribution in [0.1, 0.15) is 38.3 Å². The fourth-order valence-electron chi connectivity index (χ4n) is 3.34. The van der Waals surface area contributed by atoms with Gasteiger partial charge >= 0.3 is 0 Å². The zero-order valence-corrected chi connectivity index (χ0v) is 19.8. The summed E-state index contributed by atoms with van der Waals surface area (Å²) < 4.78 is 5.19. The molecule has 0 saturated heterocycles. The summed E-state index contributed by atoms with van der Waals surface area (Å²) in [5, 5.41) is 2.97. The van der Waals surface area contributed by atoms with Crippen LogP contribution in [-0.2, 0) is 21.8 Å². The highest BCUT2D eigenvalue weighted by Gasteiger charge is 2.28. The summed E-state index contributed by atoms with van der Waals surface area (Å²) in [6, 6.07) is 17.5. The molecule has 2 amide bonds. The van der Waals surface area contributed by atoms with E-state index in [1.54, 1.807) is 23.8 Å². The number of hydrogen-bond acceptors (Lipinski definition) is 4. The van der Waals surface area contributed by atoms with E-state index in [9.17, 15) is 9.59 Å². The van der Waals surface area contributed by atoms with Crippen LogP contribution in [0.2, 0.25) is 0 Å². The van der Waals surface area contributed by atoms with Crippen LogP contribution in [0, 0.1) is 0 Å². The zero-order valence-electron chi connectivity index (χ0n) is 19.0.